The number of hydrogen-bond donors (Lipinski definition) is 0. The topological polar surface area (TPSA) is 17.1 Å². The molecule has 2 aromatic rings. The van der Waals surface area contributed by atoms with Gasteiger partial charge in [0.2, 0.25) is 0 Å². The molecule has 1 nitrogen and oxygen atoms in total. The van der Waals surface area contributed by atoms with Crippen molar-refractivity contribution in [3.63, 3.8) is 0 Å². The molecule has 0 aliphatic carbocycles. The molecule has 0 aliphatic rings. The van der Waals surface area contributed by atoms with E-state index in [1.807, 2.05) is 19.9 Å². The van der Waals surface area contributed by atoms with Crippen LogP contribution in [0.3, 0.4) is 0 Å². The van der Waals surface area contributed by atoms with Crippen molar-refractivity contribution in [1.82, 2.24) is 0 Å². The van der Waals surface area contributed by atoms with Crippen molar-refractivity contribution in [3.8, 4) is 0 Å². The van der Waals surface area contributed by atoms with Crippen molar-refractivity contribution in [2.75, 3.05) is 0 Å². The third kappa shape index (κ3) is 2.79. The summed E-state index contributed by atoms with van der Waals surface area (Å²) in [5.41, 5.74) is 7.11. The van der Waals surface area contributed by atoms with Gasteiger partial charge in [-0.25, -0.2) is 0 Å². The number of ketones is 1. The second-order valence-electron chi connectivity index (χ2n) is 5.45. The molecule has 3 heteroatoms. The quantitative estimate of drug-likeness (QED) is 0.608. The summed E-state index contributed by atoms with van der Waals surface area (Å²) in [6.07, 6.45) is 0. The average molecular weight is 366 g/mol. The van der Waals surface area contributed by atoms with Gasteiger partial charge in [-0.1, -0.05) is 27.5 Å². The zero-order valence-corrected chi connectivity index (χ0v) is 15.2. The lowest BCUT2D eigenvalue weighted by atomic mass is 9.86. The van der Waals surface area contributed by atoms with Gasteiger partial charge < -0.3 is 0 Å². The standard InChI is InChI=1S/C18H18BrClO/c1-9-10(2)12(4)17(13(5)11(9)3)18(21)15-8-14(20)6-7-16(15)19/h6-8H,1-5H3. The molecule has 0 amide bonds. The van der Waals surface area contributed by atoms with Gasteiger partial charge in [0.05, 0.1) is 0 Å². The van der Waals surface area contributed by atoms with Crippen LogP contribution in [0.15, 0.2) is 22.7 Å². The Labute approximate surface area is 139 Å². The van der Waals surface area contributed by atoms with Crippen LogP contribution in [0.5, 0.6) is 0 Å². The molecule has 0 aromatic heterocycles. The first-order valence-corrected chi connectivity index (χ1v) is 7.99. The highest BCUT2D eigenvalue weighted by Crippen LogP contribution is 2.30. The minimum atomic E-state index is 0.0191. The fraction of sp³-hybridized carbons (Fsp3) is 0.278. The Morgan fingerprint density at radius 3 is 1.90 bits per heavy atom. The van der Waals surface area contributed by atoms with Crippen molar-refractivity contribution in [3.05, 3.63) is 66.6 Å². The van der Waals surface area contributed by atoms with Gasteiger partial charge >= 0.3 is 0 Å². The van der Waals surface area contributed by atoms with E-state index in [2.05, 4.69) is 36.7 Å². The van der Waals surface area contributed by atoms with Gasteiger partial charge in [-0.05, 0) is 80.6 Å². The largest absolute Gasteiger partial charge is 0.289 e. The maximum Gasteiger partial charge on any atom is 0.194 e. The van der Waals surface area contributed by atoms with E-state index in [4.69, 9.17) is 11.6 Å². The van der Waals surface area contributed by atoms with E-state index in [0.717, 1.165) is 21.2 Å². The molecule has 2 rings (SSSR count). The maximum absolute atomic E-state index is 13.0. The van der Waals surface area contributed by atoms with E-state index in [0.29, 0.717) is 10.6 Å². The van der Waals surface area contributed by atoms with Crippen LogP contribution in [0.2, 0.25) is 5.02 Å². The molecule has 0 unspecified atom stereocenters. The number of benzene rings is 2. The second-order valence-corrected chi connectivity index (χ2v) is 6.74. The van der Waals surface area contributed by atoms with Gasteiger partial charge in [-0.2, -0.15) is 0 Å². The number of hydrogen-bond acceptors (Lipinski definition) is 1. The predicted molar refractivity (Wildman–Crippen MR) is 92.7 cm³/mol. The Morgan fingerprint density at radius 2 is 1.38 bits per heavy atom. The maximum atomic E-state index is 13.0. The van der Waals surface area contributed by atoms with Gasteiger partial charge in [0.25, 0.3) is 0 Å². The normalized spacial score (nSPS) is 10.8. The molecule has 0 N–H and O–H groups in total. The SMILES string of the molecule is Cc1c(C)c(C)c(C(=O)c2cc(Cl)ccc2Br)c(C)c1C. The molecule has 110 valence electrons. The molecule has 0 fully saturated rings. The summed E-state index contributed by atoms with van der Waals surface area (Å²) in [5.74, 6) is 0.0191. The fourth-order valence-electron chi connectivity index (χ4n) is 2.65. The Hall–Kier alpha value is -1.12. The van der Waals surface area contributed by atoms with Crippen LogP contribution >= 0.6 is 27.5 Å². The fourth-order valence-corrected chi connectivity index (χ4v) is 3.25. The molecule has 0 atom stereocenters. The number of halogens is 2. The monoisotopic (exact) mass is 364 g/mol. The molecule has 2 aromatic carbocycles. The Bertz CT molecular complexity index is 718. The van der Waals surface area contributed by atoms with E-state index >= 15 is 0 Å². The number of carbonyl (C=O) groups excluding carboxylic acids is 1. The van der Waals surface area contributed by atoms with Crippen molar-refractivity contribution < 1.29 is 4.79 Å². The highest BCUT2D eigenvalue weighted by atomic mass is 79.9. The summed E-state index contributed by atoms with van der Waals surface area (Å²) in [5, 5.41) is 0.567. The van der Waals surface area contributed by atoms with Gasteiger partial charge in [0, 0.05) is 20.6 Å². The van der Waals surface area contributed by atoms with Crippen LogP contribution in [-0.4, -0.2) is 5.78 Å². The Balaban J connectivity index is 2.73. The first-order chi connectivity index (χ1) is 9.75. The van der Waals surface area contributed by atoms with Crippen molar-refractivity contribution >= 4 is 33.3 Å². The molecule has 0 bridgehead atoms. The molecular formula is C18H18BrClO. The summed E-state index contributed by atoms with van der Waals surface area (Å²) in [7, 11) is 0. The third-order valence-corrected chi connectivity index (χ3v) is 5.33. The molecule has 0 aliphatic heterocycles. The van der Waals surface area contributed by atoms with Crippen LogP contribution in [0.1, 0.15) is 43.7 Å². The highest BCUT2D eigenvalue weighted by molar-refractivity contribution is 9.10. The lowest BCUT2D eigenvalue weighted by Crippen LogP contribution is -2.11. The van der Waals surface area contributed by atoms with Gasteiger partial charge in [-0.15, -0.1) is 0 Å². The minimum Gasteiger partial charge on any atom is -0.289 e. The smallest absolute Gasteiger partial charge is 0.194 e. The van der Waals surface area contributed by atoms with Crippen LogP contribution in [-0.2, 0) is 0 Å². The van der Waals surface area contributed by atoms with Crippen LogP contribution in [0.25, 0.3) is 0 Å². The third-order valence-electron chi connectivity index (χ3n) is 4.40. The predicted octanol–water partition coefficient (Wildman–Crippen LogP) is 5.88. The number of rotatable bonds is 2. The summed E-state index contributed by atoms with van der Waals surface area (Å²) < 4.78 is 0.770. The van der Waals surface area contributed by atoms with Gasteiger partial charge in [0.15, 0.2) is 5.78 Å². The van der Waals surface area contributed by atoms with E-state index in [-0.39, 0.29) is 5.78 Å². The van der Waals surface area contributed by atoms with E-state index in [1.54, 1.807) is 12.1 Å². The van der Waals surface area contributed by atoms with E-state index in [9.17, 15) is 4.79 Å². The Morgan fingerprint density at radius 1 is 0.905 bits per heavy atom. The summed E-state index contributed by atoms with van der Waals surface area (Å²) >= 11 is 9.49. The Kier molecular flexibility index (Phi) is 4.60. The van der Waals surface area contributed by atoms with Crippen LogP contribution < -0.4 is 0 Å². The molecular weight excluding hydrogens is 348 g/mol. The second kappa shape index (κ2) is 5.94. The summed E-state index contributed by atoms with van der Waals surface area (Å²) in [6.45, 7) is 10.3. The van der Waals surface area contributed by atoms with Gasteiger partial charge in [-0.3, -0.25) is 4.79 Å². The first kappa shape index (κ1) is 16.3. The summed E-state index contributed by atoms with van der Waals surface area (Å²) in [4.78, 5) is 13.0. The van der Waals surface area contributed by atoms with Crippen LogP contribution in [0.4, 0.5) is 0 Å². The molecule has 21 heavy (non-hydrogen) atoms. The van der Waals surface area contributed by atoms with Crippen molar-refractivity contribution in [2.45, 2.75) is 34.6 Å². The molecule has 0 saturated carbocycles. The first-order valence-electron chi connectivity index (χ1n) is 6.82. The van der Waals surface area contributed by atoms with E-state index in [1.165, 1.54) is 16.7 Å². The molecule has 0 heterocycles. The zero-order chi connectivity index (χ0) is 15.9. The van der Waals surface area contributed by atoms with Crippen molar-refractivity contribution in [2.24, 2.45) is 0 Å². The van der Waals surface area contributed by atoms with E-state index < -0.39 is 0 Å². The lowest BCUT2D eigenvalue weighted by molar-refractivity contribution is 0.103. The average Bonchev–Trinajstić information content (AvgIpc) is 2.45. The van der Waals surface area contributed by atoms with Crippen molar-refractivity contribution in [1.29, 1.82) is 0 Å². The van der Waals surface area contributed by atoms with Gasteiger partial charge in [0.1, 0.15) is 0 Å². The van der Waals surface area contributed by atoms with Crippen LogP contribution in [0, 0.1) is 34.6 Å². The summed E-state index contributed by atoms with van der Waals surface area (Å²) in [6, 6.07) is 5.30. The number of carbonyl (C=O) groups is 1. The molecule has 0 radical (unpaired) electrons. The zero-order valence-electron chi connectivity index (χ0n) is 12.9. The molecule has 0 saturated heterocycles. The molecule has 0 spiro atoms. The minimum absolute atomic E-state index is 0.0191. The highest BCUT2D eigenvalue weighted by Gasteiger charge is 2.21. The lowest BCUT2D eigenvalue weighted by Gasteiger charge is -2.18.